The molecule has 0 aromatic carbocycles. The maximum atomic E-state index is 5.43. The number of nitrogens with one attached hydrogen (secondary N) is 2. The van der Waals surface area contributed by atoms with Crippen LogP contribution in [-0.2, 0) is 4.74 Å². The molecule has 2 N–H and O–H groups in total. The van der Waals surface area contributed by atoms with Gasteiger partial charge in [-0.1, -0.05) is 6.92 Å². The summed E-state index contributed by atoms with van der Waals surface area (Å²) >= 11 is 0. The molecule has 2 aliphatic rings. The second-order valence-corrected chi connectivity index (χ2v) is 6.57. The van der Waals surface area contributed by atoms with Gasteiger partial charge in [-0.05, 0) is 33.1 Å². The fourth-order valence-electron chi connectivity index (χ4n) is 2.56. The van der Waals surface area contributed by atoms with Gasteiger partial charge >= 0.3 is 0 Å². The Morgan fingerprint density at radius 3 is 2.48 bits per heavy atom. The van der Waals surface area contributed by atoms with Gasteiger partial charge in [0.25, 0.3) is 0 Å². The molecule has 5 nitrogen and oxygen atoms in total. The van der Waals surface area contributed by atoms with E-state index in [1.54, 1.807) is 0 Å². The van der Waals surface area contributed by atoms with Crippen LogP contribution in [0.1, 0.15) is 34.1 Å². The first-order valence-corrected chi connectivity index (χ1v) is 7.90. The van der Waals surface area contributed by atoms with E-state index in [4.69, 9.17) is 9.73 Å². The smallest absolute Gasteiger partial charge is 0.191 e. The van der Waals surface area contributed by atoms with Crippen molar-refractivity contribution in [3.05, 3.63) is 0 Å². The molecule has 0 spiro atoms. The lowest BCUT2D eigenvalue weighted by atomic mass is 10.0. The number of aliphatic imine (C=N–C) groups is 1. The van der Waals surface area contributed by atoms with E-state index in [1.165, 1.54) is 6.42 Å². The Hall–Kier alpha value is -0.0800. The zero-order chi connectivity index (χ0) is 14.6. The van der Waals surface area contributed by atoms with E-state index >= 15 is 0 Å². The topological polar surface area (TPSA) is 48.9 Å². The van der Waals surface area contributed by atoms with E-state index in [-0.39, 0.29) is 29.5 Å². The van der Waals surface area contributed by atoms with Crippen molar-refractivity contribution in [2.75, 3.05) is 39.4 Å². The first-order valence-electron chi connectivity index (χ1n) is 7.90. The molecular weight excluding hydrogens is 379 g/mol. The van der Waals surface area contributed by atoms with Crippen LogP contribution in [0.15, 0.2) is 4.99 Å². The minimum Gasteiger partial charge on any atom is -0.379 e. The maximum Gasteiger partial charge on any atom is 0.191 e. The number of nitrogens with zero attached hydrogens (tertiary/aromatic N) is 2. The Morgan fingerprint density at radius 1 is 1.33 bits per heavy atom. The van der Waals surface area contributed by atoms with Gasteiger partial charge in [-0.25, -0.2) is 0 Å². The highest BCUT2D eigenvalue weighted by Gasteiger charge is 2.33. The Labute approximate surface area is 146 Å². The number of hydrogen-bond donors (Lipinski definition) is 2. The van der Waals surface area contributed by atoms with E-state index in [9.17, 15) is 0 Å². The molecule has 1 aliphatic carbocycles. The quantitative estimate of drug-likeness (QED) is 0.412. The summed E-state index contributed by atoms with van der Waals surface area (Å²) in [6.45, 7) is 14.3. The largest absolute Gasteiger partial charge is 0.379 e. The first kappa shape index (κ1) is 19.0. The third-order valence-corrected chi connectivity index (χ3v) is 4.27. The number of ether oxygens (including phenoxy) is 1. The molecule has 124 valence electrons. The molecule has 2 unspecified atom stereocenters. The van der Waals surface area contributed by atoms with Crippen LogP contribution in [0.3, 0.4) is 0 Å². The number of guanidine groups is 1. The van der Waals surface area contributed by atoms with Gasteiger partial charge in [0.05, 0.1) is 19.8 Å². The Kier molecular flexibility index (Phi) is 7.70. The highest BCUT2D eigenvalue weighted by atomic mass is 127. The Bertz CT molecular complexity index is 343. The van der Waals surface area contributed by atoms with Crippen molar-refractivity contribution in [3.63, 3.8) is 0 Å². The van der Waals surface area contributed by atoms with Crippen LogP contribution in [0.5, 0.6) is 0 Å². The zero-order valence-corrected chi connectivity index (χ0v) is 16.1. The monoisotopic (exact) mass is 410 g/mol. The summed E-state index contributed by atoms with van der Waals surface area (Å²) in [5.74, 6) is 1.74. The fraction of sp³-hybridized carbons (Fsp3) is 0.933. The minimum atomic E-state index is 0. The van der Waals surface area contributed by atoms with Crippen LogP contribution >= 0.6 is 24.0 Å². The van der Waals surface area contributed by atoms with Crippen molar-refractivity contribution in [1.29, 1.82) is 0 Å². The molecule has 1 aliphatic heterocycles. The van der Waals surface area contributed by atoms with Crippen molar-refractivity contribution >= 4 is 29.9 Å². The molecular formula is C15H31IN4O. The molecule has 2 rings (SSSR count). The van der Waals surface area contributed by atoms with Crippen LogP contribution in [0.25, 0.3) is 0 Å². The van der Waals surface area contributed by atoms with E-state index in [0.717, 1.165) is 51.3 Å². The number of rotatable bonds is 5. The highest BCUT2D eigenvalue weighted by Crippen LogP contribution is 2.28. The van der Waals surface area contributed by atoms with E-state index in [0.29, 0.717) is 6.04 Å². The van der Waals surface area contributed by atoms with Crippen LogP contribution in [0, 0.1) is 5.92 Å². The summed E-state index contributed by atoms with van der Waals surface area (Å²) in [4.78, 5) is 7.26. The fourth-order valence-corrected chi connectivity index (χ4v) is 2.56. The molecule has 21 heavy (non-hydrogen) atoms. The lowest BCUT2D eigenvalue weighted by Gasteiger charge is -2.39. The summed E-state index contributed by atoms with van der Waals surface area (Å²) in [6.07, 6.45) is 1.26. The van der Waals surface area contributed by atoms with Crippen LogP contribution in [0.4, 0.5) is 0 Å². The third-order valence-electron chi connectivity index (χ3n) is 4.27. The second kappa shape index (κ2) is 8.53. The van der Waals surface area contributed by atoms with Crippen molar-refractivity contribution in [2.45, 2.75) is 45.7 Å². The first-order chi connectivity index (χ1) is 9.53. The van der Waals surface area contributed by atoms with E-state index in [2.05, 4.69) is 43.2 Å². The second-order valence-electron chi connectivity index (χ2n) is 6.57. The summed E-state index contributed by atoms with van der Waals surface area (Å²) in [6, 6.07) is 0.610. The van der Waals surface area contributed by atoms with Crippen molar-refractivity contribution < 1.29 is 4.74 Å². The minimum absolute atomic E-state index is 0. The highest BCUT2D eigenvalue weighted by molar-refractivity contribution is 14.0. The Balaban J connectivity index is 0.00000220. The third kappa shape index (κ3) is 5.90. The van der Waals surface area contributed by atoms with Gasteiger partial charge in [0.15, 0.2) is 5.96 Å². The maximum absolute atomic E-state index is 5.43. The lowest BCUT2D eigenvalue weighted by molar-refractivity contribution is -0.00683. The van der Waals surface area contributed by atoms with Crippen LogP contribution in [-0.4, -0.2) is 61.8 Å². The summed E-state index contributed by atoms with van der Waals surface area (Å²) in [5.41, 5.74) is 0.0846. The molecule has 2 fully saturated rings. The van der Waals surface area contributed by atoms with Gasteiger partial charge in [-0.2, -0.15) is 0 Å². The van der Waals surface area contributed by atoms with Crippen molar-refractivity contribution in [1.82, 2.24) is 15.5 Å². The predicted octanol–water partition coefficient (Wildman–Crippen LogP) is 1.68. The van der Waals surface area contributed by atoms with Crippen LogP contribution in [0.2, 0.25) is 0 Å². The molecule has 6 heteroatoms. The van der Waals surface area contributed by atoms with Gasteiger partial charge in [-0.15, -0.1) is 24.0 Å². The van der Waals surface area contributed by atoms with Gasteiger partial charge in [0, 0.05) is 31.2 Å². The number of halogens is 1. The molecule has 1 saturated heterocycles. The lowest BCUT2D eigenvalue weighted by Crippen LogP contribution is -2.52. The van der Waals surface area contributed by atoms with Gasteiger partial charge in [0.1, 0.15) is 0 Å². The number of hydrogen-bond acceptors (Lipinski definition) is 3. The summed E-state index contributed by atoms with van der Waals surface area (Å²) in [7, 11) is 0. The van der Waals surface area contributed by atoms with Crippen LogP contribution < -0.4 is 10.6 Å². The average molecular weight is 410 g/mol. The van der Waals surface area contributed by atoms with Crippen molar-refractivity contribution in [3.8, 4) is 0 Å². The molecule has 0 bridgehead atoms. The van der Waals surface area contributed by atoms with Gasteiger partial charge < -0.3 is 15.4 Å². The van der Waals surface area contributed by atoms with Crippen molar-refractivity contribution in [2.24, 2.45) is 10.9 Å². The Morgan fingerprint density at radius 2 is 1.95 bits per heavy atom. The van der Waals surface area contributed by atoms with E-state index in [1.807, 2.05) is 0 Å². The summed E-state index contributed by atoms with van der Waals surface area (Å²) in [5, 5.41) is 6.86. The SMILES string of the molecule is CCNC(=NCC(C)(C)N1CCOCC1)NC1CC1C.I. The molecule has 2 atom stereocenters. The number of morpholine rings is 1. The normalized spacial score (nSPS) is 27.0. The standard InChI is InChI=1S/C15H30N4O.HI/c1-5-16-14(18-13-10-12(13)2)17-11-15(3,4)19-6-8-20-9-7-19;/h12-13H,5-11H2,1-4H3,(H2,16,17,18);1H. The molecule has 0 aromatic heterocycles. The molecule has 0 aromatic rings. The molecule has 0 amide bonds. The van der Waals surface area contributed by atoms with E-state index < -0.39 is 0 Å². The zero-order valence-electron chi connectivity index (χ0n) is 13.8. The van der Waals surface area contributed by atoms with Gasteiger partial charge in [-0.3, -0.25) is 9.89 Å². The summed E-state index contributed by atoms with van der Waals surface area (Å²) < 4.78 is 5.43. The molecule has 1 saturated carbocycles. The average Bonchev–Trinajstić information content (AvgIpc) is 3.13. The van der Waals surface area contributed by atoms with Gasteiger partial charge in [0.2, 0.25) is 0 Å². The molecule has 1 heterocycles. The predicted molar refractivity (Wildman–Crippen MR) is 98.6 cm³/mol. The molecule has 0 radical (unpaired) electrons.